The molecule has 1 atom stereocenters. The Hall–Kier alpha value is -2.10. The molecule has 1 heterocycles. The second-order valence-electron chi connectivity index (χ2n) is 6.37. The molecular formula is C18H24N2O2. The van der Waals surface area contributed by atoms with Crippen molar-refractivity contribution in [2.45, 2.75) is 32.2 Å². The van der Waals surface area contributed by atoms with Crippen molar-refractivity contribution in [1.29, 1.82) is 0 Å². The van der Waals surface area contributed by atoms with Crippen LogP contribution < -0.4 is 0 Å². The number of benzene rings is 1. The highest BCUT2D eigenvalue weighted by atomic mass is 16.2. The molecule has 0 radical (unpaired) electrons. The first-order chi connectivity index (χ1) is 10.4. The Bertz CT molecular complexity index is 566. The van der Waals surface area contributed by atoms with Gasteiger partial charge in [0.2, 0.25) is 11.8 Å². The van der Waals surface area contributed by atoms with Crippen LogP contribution in [0.15, 0.2) is 43.0 Å². The smallest absolute Gasteiger partial charge is 0.234 e. The third-order valence-electron chi connectivity index (χ3n) is 4.27. The summed E-state index contributed by atoms with van der Waals surface area (Å²) < 4.78 is 0. The molecule has 0 bridgehead atoms. The molecule has 1 aromatic rings. The monoisotopic (exact) mass is 300 g/mol. The molecule has 1 aromatic carbocycles. The van der Waals surface area contributed by atoms with Crippen LogP contribution in [0.4, 0.5) is 0 Å². The summed E-state index contributed by atoms with van der Waals surface area (Å²) in [5.74, 6) is -0.234. The van der Waals surface area contributed by atoms with E-state index in [1.165, 1.54) is 0 Å². The fourth-order valence-electron chi connectivity index (χ4n) is 3.04. The van der Waals surface area contributed by atoms with E-state index < -0.39 is 0 Å². The van der Waals surface area contributed by atoms with Crippen molar-refractivity contribution in [3.8, 4) is 0 Å². The lowest BCUT2D eigenvalue weighted by Gasteiger charge is -2.47. The van der Waals surface area contributed by atoms with Crippen molar-refractivity contribution >= 4 is 11.8 Å². The van der Waals surface area contributed by atoms with E-state index in [-0.39, 0.29) is 23.3 Å². The SMILES string of the molecule is C=CC(C(=O)N1CCN(C(C)=O)CC1(C)C)c1ccccc1. The van der Waals surface area contributed by atoms with Gasteiger partial charge in [0, 0.05) is 26.6 Å². The first kappa shape index (κ1) is 16.3. The Morgan fingerprint density at radius 2 is 1.86 bits per heavy atom. The molecule has 0 aromatic heterocycles. The number of nitrogens with zero attached hydrogens (tertiary/aromatic N) is 2. The summed E-state index contributed by atoms with van der Waals surface area (Å²) in [4.78, 5) is 28.2. The lowest BCUT2D eigenvalue weighted by molar-refractivity contribution is -0.147. The molecule has 1 aliphatic rings. The quantitative estimate of drug-likeness (QED) is 0.804. The predicted molar refractivity (Wildman–Crippen MR) is 87.4 cm³/mol. The fourth-order valence-corrected chi connectivity index (χ4v) is 3.04. The topological polar surface area (TPSA) is 40.6 Å². The van der Waals surface area contributed by atoms with Crippen molar-refractivity contribution < 1.29 is 9.59 Å². The van der Waals surface area contributed by atoms with Crippen molar-refractivity contribution in [3.63, 3.8) is 0 Å². The van der Waals surface area contributed by atoms with Gasteiger partial charge in [0.25, 0.3) is 0 Å². The number of carbonyl (C=O) groups is 2. The summed E-state index contributed by atoms with van der Waals surface area (Å²) in [5.41, 5.74) is 0.573. The fraction of sp³-hybridized carbons (Fsp3) is 0.444. The number of amides is 2. The van der Waals surface area contributed by atoms with Crippen LogP contribution in [0, 0.1) is 0 Å². The third-order valence-corrected chi connectivity index (χ3v) is 4.27. The first-order valence-electron chi connectivity index (χ1n) is 7.61. The van der Waals surface area contributed by atoms with E-state index in [9.17, 15) is 9.59 Å². The average molecular weight is 300 g/mol. The van der Waals surface area contributed by atoms with Crippen LogP contribution in [-0.4, -0.2) is 46.8 Å². The zero-order valence-corrected chi connectivity index (χ0v) is 13.6. The zero-order chi connectivity index (χ0) is 16.3. The number of piperazine rings is 1. The Labute approximate surface area is 132 Å². The first-order valence-corrected chi connectivity index (χ1v) is 7.61. The minimum atomic E-state index is -0.378. The Morgan fingerprint density at radius 1 is 1.23 bits per heavy atom. The summed E-state index contributed by atoms with van der Waals surface area (Å²) in [6.45, 7) is 11.1. The summed E-state index contributed by atoms with van der Waals surface area (Å²) in [6, 6.07) is 9.69. The van der Waals surface area contributed by atoms with Gasteiger partial charge in [-0.1, -0.05) is 36.4 Å². The van der Waals surface area contributed by atoms with E-state index in [1.807, 2.05) is 49.1 Å². The van der Waals surface area contributed by atoms with Crippen molar-refractivity contribution in [2.75, 3.05) is 19.6 Å². The Kier molecular flexibility index (Phi) is 4.69. The molecule has 22 heavy (non-hydrogen) atoms. The maximum Gasteiger partial charge on any atom is 0.234 e. The van der Waals surface area contributed by atoms with Crippen LogP contribution in [0.3, 0.4) is 0 Å². The second-order valence-corrected chi connectivity index (χ2v) is 6.37. The van der Waals surface area contributed by atoms with Gasteiger partial charge in [-0.3, -0.25) is 9.59 Å². The predicted octanol–water partition coefficient (Wildman–Crippen LogP) is 2.43. The molecule has 0 spiro atoms. The summed E-state index contributed by atoms with van der Waals surface area (Å²) in [7, 11) is 0. The van der Waals surface area contributed by atoms with Crippen LogP contribution in [0.2, 0.25) is 0 Å². The molecule has 2 amide bonds. The van der Waals surface area contributed by atoms with E-state index in [0.29, 0.717) is 19.6 Å². The zero-order valence-electron chi connectivity index (χ0n) is 13.6. The molecule has 1 fully saturated rings. The molecule has 2 rings (SSSR count). The van der Waals surface area contributed by atoms with Crippen molar-refractivity contribution in [2.24, 2.45) is 0 Å². The highest BCUT2D eigenvalue weighted by Gasteiger charge is 2.39. The molecule has 118 valence electrons. The van der Waals surface area contributed by atoms with Gasteiger partial charge in [0.15, 0.2) is 0 Å². The van der Waals surface area contributed by atoms with Gasteiger partial charge < -0.3 is 9.80 Å². The van der Waals surface area contributed by atoms with E-state index in [1.54, 1.807) is 17.9 Å². The second kappa shape index (κ2) is 6.34. The van der Waals surface area contributed by atoms with E-state index >= 15 is 0 Å². The van der Waals surface area contributed by atoms with Crippen LogP contribution in [0.25, 0.3) is 0 Å². The van der Waals surface area contributed by atoms with Gasteiger partial charge in [0.1, 0.15) is 0 Å². The Morgan fingerprint density at radius 3 is 2.36 bits per heavy atom. The van der Waals surface area contributed by atoms with Crippen LogP contribution in [-0.2, 0) is 9.59 Å². The van der Waals surface area contributed by atoms with Gasteiger partial charge in [-0.2, -0.15) is 0 Å². The minimum absolute atomic E-state index is 0.0504. The lowest BCUT2D eigenvalue weighted by atomic mass is 9.92. The largest absolute Gasteiger partial charge is 0.339 e. The third kappa shape index (κ3) is 3.21. The van der Waals surface area contributed by atoms with Gasteiger partial charge in [0.05, 0.1) is 11.5 Å². The Balaban J connectivity index is 2.21. The maximum absolute atomic E-state index is 13.0. The van der Waals surface area contributed by atoms with Gasteiger partial charge in [-0.15, -0.1) is 6.58 Å². The molecule has 4 heteroatoms. The molecule has 0 aliphatic carbocycles. The molecule has 4 nitrogen and oxygen atoms in total. The van der Waals surface area contributed by atoms with Gasteiger partial charge >= 0.3 is 0 Å². The average Bonchev–Trinajstić information content (AvgIpc) is 2.47. The maximum atomic E-state index is 13.0. The lowest BCUT2D eigenvalue weighted by Crippen LogP contribution is -2.62. The van der Waals surface area contributed by atoms with Crippen molar-refractivity contribution in [3.05, 3.63) is 48.6 Å². The molecular weight excluding hydrogens is 276 g/mol. The van der Waals surface area contributed by atoms with Crippen molar-refractivity contribution in [1.82, 2.24) is 9.80 Å². The molecule has 1 aliphatic heterocycles. The minimum Gasteiger partial charge on any atom is -0.339 e. The van der Waals surface area contributed by atoms with Gasteiger partial charge in [-0.25, -0.2) is 0 Å². The number of hydrogen-bond donors (Lipinski definition) is 0. The summed E-state index contributed by atoms with van der Waals surface area (Å²) in [6.07, 6.45) is 1.70. The highest BCUT2D eigenvalue weighted by molar-refractivity contribution is 5.86. The van der Waals surface area contributed by atoms with Gasteiger partial charge in [-0.05, 0) is 19.4 Å². The highest BCUT2D eigenvalue weighted by Crippen LogP contribution is 2.27. The standard InChI is InChI=1S/C18H24N2O2/c1-5-16(15-9-7-6-8-10-15)17(22)20-12-11-19(14(2)21)13-18(20,3)4/h5-10,16H,1,11-13H2,2-4H3. The molecule has 0 saturated carbocycles. The molecule has 1 saturated heterocycles. The summed E-state index contributed by atoms with van der Waals surface area (Å²) in [5, 5.41) is 0. The summed E-state index contributed by atoms with van der Waals surface area (Å²) >= 11 is 0. The van der Waals surface area contributed by atoms with E-state index in [2.05, 4.69) is 6.58 Å². The van der Waals surface area contributed by atoms with Crippen LogP contribution in [0.1, 0.15) is 32.3 Å². The number of carbonyl (C=O) groups excluding carboxylic acids is 2. The normalized spacial score (nSPS) is 18.7. The number of hydrogen-bond acceptors (Lipinski definition) is 2. The van der Waals surface area contributed by atoms with Crippen LogP contribution >= 0.6 is 0 Å². The molecule has 1 unspecified atom stereocenters. The van der Waals surface area contributed by atoms with E-state index in [0.717, 1.165) is 5.56 Å². The number of rotatable bonds is 3. The van der Waals surface area contributed by atoms with Crippen LogP contribution in [0.5, 0.6) is 0 Å². The molecule has 0 N–H and O–H groups in total. The van der Waals surface area contributed by atoms with E-state index in [4.69, 9.17) is 0 Å².